The molecule has 2 unspecified atom stereocenters. The molecule has 0 bridgehead atoms. The first-order valence-electron chi connectivity index (χ1n) is 8.46. The van der Waals surface area contributed by atoms with Crippen LogP contribution < -0.4 is 0 Å². The summed E-state index contributed by atoms with van der Waals surface area (Å²) in [5, 5.41) is 10.7. The van der Waals surface area contributed by atoms with Gasteiger partial charge in [0.2, 0.25) is 0 Å². The summed E-state index contributed by atoms with van der Waals surface area (Å²) in [7, 11) is 0. The lowest BCUT2D eigenvalue weighted by Crippen LogP contribution is -2.47. The van der Waals surface area contributed by atoms with Gasteiger partial charge in [0.25, 0.3) is 0 Å². The van der Waals surface area contributed by atoms with Crippen molar-refractivity contribution in [2.24, 2.45) is 0 Å². The van der Waals surface area contributed by atoms with Crippen molar-refractivity contribution in [3.63, 3.8) is 0 Å². The fourth-order valence-electron chi connectivity index (χ4n) is 3.19. The summed E-state index contributed by atoms with van der Waals surface area (Å²) >= 11 is 0. The number of hydrogen-bond acceptors (Lipinski definition) is 3. The number of piperidine rings is 1. The first kappa shape index (κ1) is 16.5. The summed E-state index contributed by atoms with van der Waals surface area (Å²) in [6, 6.07) is 18.9. The van der Waals surface area contributed by atoms with Crippen molar-refractivity contribution in [2.45, 2.75) is 38.0 Å². The summed E-state index contributed by atoms with van der Waals surface area (Å²) in [4.78, 5) is 14.2. The number of benzene rings is 2. The van der Waals surface area contributed by atoms with Crippen LogP contribution in [0.5, 0.6) is 0 Å². The number of carbonyl (C=O) groups excluding carboxylic acids is 1. The third-order valence-corrected chi connectivity index (χ3v) is 4.49. The van der Waals surface area contributed by atoms with Crippen molar-refractivity contribution < 1.29 is 14.6 Å². The monoisotopic (exact) mass is 325 g/mol. The second-order valence-corrected chi connectivity index (χ2v) is 6.15. The first-order valence-corrected chi connectivity index (χ1v) is 8.46. The Kier molecular flexibility index (Phi) is 5.49. The molecule has 0 radical (unpaired) electrons. The van der Waals surface area contributed by atoms with E-state index in [1.807, 2.05) is 60.7 Å². The second-order valence-electron chi connectivity index (χ2n) is 6.15. The van der Waals surface area contributed by atoms with Gasteiger partial charge in [-0.25, -0.2) is 4.79 Å². The van der Waals surface area contributed by atoms with Crippen LogP contribution in [-0.2, 0) is 11.3 Å². The Morgan fingerprint density at radius 2 is 1.75 bits per heavy atom. The molecule has 1 fully saturated rings. The van der Waals surface area contributed by atoms with Gasteiger partial charge in [0.1, 0.15) is 6.61 Å². The fourth-order valence-corrected chi connectivity index (χ4v) is 3.19. The molecule has 4 heteroatoms. The van der Waals surface area contributed by atoms with Crippen molar-refractivity contribution in [3.8, 4) is 0 Å². The molecule has 0 saturated carbocycles. The molecule has 1 heterocycles. The van der Waals surface area contributed by atoms with E-state index in [1.165, 1.54) is 0 Å². The zero-order chi connectivity index (χ0) is 16.8. The zero-order valence-corrected chi connectivity index (χ0v) is 13.7. The zero-order valence-electron chi connectivity index (χ0n) is 13.7. The molecule has 126 valence electrons. The molecule has 1 saturated heterocycles. The van der Waals surface area contributed by atoms with Crippen molar-refractivity contribution in [3.05, 3.63) is 71.8 Å². The minimum Gasteiger partial charge on any atom is -0.445 e. The van der Waals surface area contributed by atoms with Gasteiger partial charge in [-0.15, -0.1) is 0 Å². The number of likely N-dealkylation sites (tertiary alicyclic amines) is 1. The molecule has 1 amide bonds. The van der Waals surface area contributed by atoms with Gasteiger partial charge in [-0.05, 0) is 30.4 Å². The summed E-state index contributed by atoms with van der Waals surface area (Å²) in [6.45, 7) is 0.881. The van der Waals surface area contributed by atoms with Gasteiger partial charge in [0.05, 0.1) is 12.1 Å². The summed E-state index contributed by atoms with van der Waals surface area (Å²) in [6.07, 6.45) is 1.71. The summed E-state index contributed by atoms with van der Waals surface area (Å²) in [5.74, 6) is 0. The average Bonchev–Trinajstić information content (AvgIpc) is 2.67. The van der Waals surface area contributed by atoms with Crippen LogP contribution in [0, 0.1) is 0 Å². The van der Waals surface area contributed by atoms with Crippen LogP contribution in [0.1, 0.15) is 36.5 Å². The number of carbonyl (C=O) groups is 1. The molecule has 3 rings (SSSR count). The maximum absolute atomic E-state index is 12.5. The SMILES string of the molecule is O=C(OCc1ccccc1)N1CCCCC1C(O)c1ccccc1. The van der Waals surface area contributed by atoms with Gasteiger partial charge in [-0.1, -0.05) is 60.7 Å². The quantitative estimate of drug-likeness (QED) is 0.927. The van der Waals surface area contributed by atoms with E-state index in [4.69, 9.17) is 4.74 Å². The second kappa shape index (κ2) is 7.97. The predicted molar refractivity (Wildman–Crippen MR) is 92.4 cm³/mol. The third kappa shape index (κ3) is 3.95. The van der Waals surface area contributed by atoms with E-state index < -0.39 is 6.10 Å². The summed E-state index contributed by atoms with van der Waals surface area (Å²) < 4.78 is 5.46. The maximum Gasteiger partial charge on any atom is 0.410 e. The highest BCUT2D eigenvalue weighted by Gasteiger charge is 2.33. The molecule has 1 N–H and O–H groups in total. The Morgan fingerprint density at radius 1 is 1.08 bits per heavy atom. The van der Waals surface area contributed by atoms with Crippen molar-refractivity contribution in [1.82, 2.24) is 4.90 Å². The highest BCUT2D eigenvalue weighted by atomic mass is 16.6. The van der Waals surface area contributed by atoms with Crippen molar-refractivity contribution >= 4 is 6.09 Å². The van der Waals surface area contributed by atoms with Gasteiger partial charge >= 0.3 is 6.09 Å². The molecule has 2 aromatic rings. The van der Waals surface area contributed by atoms with E-state index in [0.29, 0.717) is 6.54 Å². The Hall–Kier alpha value is -2.33. The fraction of sp³-hybridized carbons (Fsp3) is 0.350. The largest absolute Gasteiger partial charge is 0.445 e. The average molecular weight is 325 g/mol. The number of hydrogen-bond donors (Lipinski definition) is 1. The van der Waals surface area contributed by atoms with E-state index in [1.54, 1.807) is 4.90 Å². The molecule has 2 aromatic carbocycles. The highest BCUT2D eigenvalue weighted by Crippen LogP contribution is 2.29. The van der Waals surface area contributed by atoms with Gasteiger partial charge in [0, 0.05) is 6.54 Å². The van der Waals surface area contributed by atoms with Gasteiger partial charge < -0.3 is 14.7 Å². The number of aliphatic hydroxyl groups is 1. The van der Waals surface area contributed by atoms with Gasteiger partial charge in [-0.3, -0.25) is 0 Å². The number of aliphatic hydroxyl groups excluding tert-OH is 1. The Labute approximate surface area is 142 Å². The lowest BCUT2D eigenvalue weighted by atomic mass is 9.93. The molecule has 24 heavy (non-hydrogen) atoms. The predicted octanol–water partition coefficient (Wildman–Crippen LogP) is 3.91. The Balaban J connectivity index is 1.66. The Bertz CT molecular complexity index is 644. The van der Waals surface area contributed by atoms with E-state index in [9.17, 15) is 9.90 Å². The first-order chi connectivity index (χ1) is 11.8. The van der Waals surface area contributed by atoms with Crippen LogP contribution in [0.3, 0.4) is 0 Å². The molecular formula is C20H23NO3. The van der Waals surface area contributed by atoms with E-state index in [2.05, 4.69) is 0 Å². The molecule has 2 atom stereocenters. The van der Waals surface area contributed by atoms with Gasteiger partial charge in [-0.2, -0.15) is 0 Å². The third-order valence-electron chi connectivity index (χ3n) is 4.49. The number of amides is 1. The molecule has 1 aliphatic heterocycles. The maximum atomic E-state index is 12.5. The van der Waals surface area contributed by atoms with Crippen LogP contribution in [-0.4, -0.2) is 28.7 Å². The minimum absolute atomic E-state index is 0.232. The van der Waals surface area contributed by atoms with E-state index in [-0.39, 0.29) is 18.7 Å². The van der Waals surface area contributed by atoms with Crippen LogP contribution in [0.2, 0.25) is 0 Å². The van der Waals surface area contributed by atoms with Gasteiger partial charge in [0.15, 0.2) is 0 Å². The molecule has 0 spiro atoms. The molecular weight excluding hydrogens is 302 g/mol. The van der Waals surface area contributed by atoms with Crippen LogP contribution in [0.25, 0.3) is 0 Å². The van der Waals surface area contributed by atoms with Crippen LogP contribution >= 0.6 is 0 Å². The van der Waals surface area contributed by atoms with Crippen LogP contribution in [0.4, 0.5) is 4.79 Å². The van der Waals surface area contributed by atoms with Crippen molar-refractivity contribution in [1.29, 1.82) is 0 Å². The van der Waals surface area contributed by atoms with Crippen LogP contribution in [0.15, 0.2) is 60.7 Å². The molecule has 0 aromatic heterocycles. The van der Waals surface area contributed by atoms with E-state index in [0.717, 1.165) is 30.4 Å². The summed E-state index contributed by atoms with van der Waals surface area (Å²) in [5.41, 5.74) is 1.80. The smallest absolute Gasteiger partial charge is 0.410 e. The number of ether oxygens (including phenoxy) is 1. The number of rotatable bonds is 4. The number of nitrogens with zero attached hydrogens (tertiary/aromatic N) is 1. The molecule has 1 aliphatic rings. The highest BCUT2D eigenvalue weighted by molar-refractivity contribution is 5.68. The van der Waals surface area contributed by atoms with E-state index >= 15 is 0 Å². The topological polar surface area (TPSA) is 49.8 Å². The normalized spacial score (nSPS) is 18.9. The molecule has 0 aliphatic carbocycles. The Morgan fingerprint density at radius 3 is 2.46 bits per heavy atom. The lowest BCUT2D eigenvalue weighted by Gasteiger charge is -2.37. The minimum atomic E-state index is -0.684. The standard InChI is InChI=1S/C20H23NO3/c22-19(17-11-5-2-6-12-17)18-13-7-8-14-21(18)20(23)24-15-16-9-3-1-4-10-16/h1-6,9-12,18-19,22H,7-8,13-15H2. The molecule has 4 nitrogen and oxygen atoms in total. The van der Waals surface area contributed by atoms with Crippen molar-refractivity contribution in [2.75, 3.05) is 6.54 Å². The lowest BCUT2D eigenvalue weighted by molar-refractivity contribution is 0.0135.